The normalized spacial score (nSPS) is 19.7. The lowest BCUT2D eigenvalue weighted by Gasteiger charge is -2.28. The van der Waals surface area contributed by atoms with E-state index in [4.69, 9.17) is 16.7 Å². The van der Waals surface area contributed by atoms with Crippen LogP contribution in [0.15, 0.2) is 0 Å². The molecule has 1 saturated heterocycles. The summed E-state index contributed by atoms with van der Waals surface area (Å²) in [7, 11) is 3.92. The molecule has 184 valence electrons. The Balaban J connectivity index is 1.69. The van der Waals surface area contributed by atoms with Crippen LogP contribution >= 0.6 is 11.6 Å². The second-order valence-corrected chi connectivity index (χ2v) is 9.45. The average molecular weight is 486 g/mol. The van der Waals surface area contributed by atoms with Crippen LogP contribution in [0.1, 0.15) is 44.9 Å². The van der Waals surface area contributed by atoms with Gasteiger partial charge < -0.3 is 20.2 Å². The average Bonchev–Trinajstić information content (AvgIpc) is 3.42. The third-order valence-corrected chi connectivity index (χ3v) is 6.47. The Bertz CT molecular complexity index is 838. The summed E-state index contributed by atoms with van der Waals surface area (Å²) in [5, 5.41) is 11.1. The molecule has 10 nitrogen and oxygen atoms in total. The predicted octanol–water partition coefficient (Wildman–Crippen LogP) is 2.71. The number of likely N-dealkylation sites (N-methyl/N-ethyl adjacent to an activating group) is 1. The van der Waals surface area contributed by atoms with Crippen molar-refractivity contribution in [1.29, 1.82) is 0 Å². The first-order valence-corrected chi connectivity index (χ1v) is 11.8. The number of nitrogens with zero attached hydrogens (tertiary/aromatic N) is 4. The fourth-order valence-corrected chi connectivity index (χ4v) is 4.94. The number of hydrogen-bond acceptors (Lipinski definition) is 7. The van der Waals surface area contributed by atoms with Crippen molar-refractivity contribution in [2.45, 2.75) is 51.0 Å². The molecule has 2 atom stereocenters. The van der Waals surface area contributed by atoms with Crippen LogP contribution < -0.4 is 21.1 Å². The van der Waals surface area contributed by atoms with Crippen LogP contribution in [-0.2, 0) is 4.79 Å². The number of anilines is 2. The zero-order chi connectivity index (χ0) is 24.0. The monoisotopic (exact) mass is 485 g/mol. The Labute approximate surface area is 198 Å². The Kier molecular flexibility index (Phi) is 8.90. The largest absolute Gasteiger partial charge is 0.465 e. The Morgan fingerprint density at radius 1 is 1.24 bits per heavy atom. The SMILES string of the molecule is CN(C)C[C@@H]1CCCN1c1nc(Cl)nc(NNC(=O)[C@@H](CNC(=O)O)CC2CCCC2)c1F. The highest BCUT2D eigenvalue weighted by Crippen LogP contribution is 2.31. The van der Waals surface area contributed by atoms with Crippen LogP contribution in [-0.4, -0.2) is 71.7 Å². The lowest BCUT2D eigenvalue weighted by atomic mass is 9.92. The molecule has 2 heterocycles. The highest BCUT2D eigenvalue weighted by Gasteiger charge is 2.31. The van der Waals surface area contributed by atoms with E-state index in [1.165, 1.54) is 0 Å². The first kappa shape index (κ1) is 25.2. The first-order chi connectivity index (χ1) is 15.7. The van der Waals surface area contributed by atoms with Crippen molar-refractivity contribution in [3.05, 3.63) is 11.1 Å². The Hall–Kier alpha value is -2.40. The molecule has 1 aromatic heterocycles. The van der Waals surface area contributed by atoms with E-state index < -0.39 is 23.7 Å². The fourth-order valence-electron chi connectivity index (χ4n) is 4.77. The first-order valence-electron chi connectivity index (χ1n) is 11.4. The van der Waals surface area contributed by atoms with Crippen molar-refractivity contribution in [1.82, 2.24) is 25.6 Å². The number of carboxylic acid groups (broad SMARTS) is 1. The van der Waals surface area contributed by atoms with E-state index >= 15 is 4.39 Å². The highest BCUT2D eigenvalue weighted by atomic mass is 35.5. The van der Waals surface area contributed by atoms with E-state index in [1.54, 1.807) is 0 Å². The minimum absolute atomic E-state index is 0.0163. The van der Waals surface area contributed by atoms with Gasteiger partial charge in [-0.3, -0.25) is 15.6 Å². The molecular formula is C21H33ClFN7O3. The van der Waals surface area contributed by atoms with Crippen molar-refractivity contribution in [2.24, 2.45) is 11.8 Å². The summed E-state index contributed by atoms with van der Waals surface area (Å²) in [6.07, 6.45) is 5.47. The number of hydrogen-bond donors (Lipinski definition) is 4. The number of carbonyl (C=O) groups is 2. The molecule has 1 aromatic rings. The quantitative estimate of drug-likeness (QED) is 0.295. The molecule has 0 bridgehead atoms. The maximum absolute atomic E-state index is 15.3. The summed E-state index contributed by atoms with van der Waals surface area (Å²) in [5.74, 6) is -1.46. The molecule has 2 fully saturated rings. The Morgan fingerprint density at radius 2 is 1.97 bits per heavy atom. The molecule has 1 aliphatic carbocycles. The molecule has 1 aliphatic heterocycles. The highest BCUT2D eigenvalue weighted by molar-refractivity contribution is 6.28. The molecule has 1 saturated carbocycles. The van der Waals surface area contributed by atoms with Crippen LogP contribution in [0, 0.1) is 17.7 Å². The summed E-state index contributed by atoms with van der Waals surface area (Å²) in [4.78, 5) is 35.7. The van der Waals surface area contributed by atoms with E-state index in [1.807, 2.05) is 23.9 Å². The molecule has 2 aliphatic rings. The van der Waals surface area contributed by atoms with Crippen LogP contribution in [0.2, 0.25) is 5.28 Å². The van der Waals surface area contributed by atoms with Crippen molar-refractivity contribution >= 4 is 35.2 Å². The van der Waals surface area contributed by atoms with Gasteiger partial charge >= 0.3 is 6.09 Å². The van der Waals surface area contributed by atoms with Gasteiger partial charge in [-0.25, -0.2) is 4.79 Å². The van der Waals surface area contributed by atoms with Gasteiger partial charge in [0.2, 0.25) is 17.0 Å². The van der Waals surface area contributed by atoms with Gasteiger partial charge in [0.15, 0.2) is 11.6 Å². The maximum atomic E-state index is 15.3. The summed E-state index contributed by atoms with van der Waals surface area (Å²) >= 11 is 6.08. The van der Waals surface area contributed by atoms with Gasteiger partial charge in [0.25, 0.3) is 0 Å². The van der Waals surface area contributed by atoms with Gasteiger partial charge in [0.05, 0.1) is 5.92 Å². The zero-order valence-corrected chi connectivity index (χ0v) is 19.9. The molecule has 3 rings (SSSR count). The van der Waals surface area contributed by atoms with Crippen molar-refractivity contribution < 1.29 is 19.1 Å². The molecule has 0 aromatic carbocycles. The van der Waals surface area contributed by atoms with Gasteiger partial charge in [-0.15, -0.1) is 0 Å². The summed E-state index contributed by atoms with van der Waals surface area (Å²) in [5.41, 5.74) is 5.03. The van der Waals surface area contributed by atoms with E-state index in [2.05, 4.69) is 26.1 Å². The number of halogens is 2. The molecule has 0 unspecified atom stereocenters. The van der Waals surface area contributed by atoms with Gasteiger partial charge in [-0.1, -0.05) is 25.7 Å². The van der Waals surface area contributed by atoms with Gasteiger partial charge in [0.1, 0.15) is 0 Å². The van der Waals surface area contributed by atoms with Crippen LogP contribution in [0.5, 0.6) is 0 Å². The zero-order valence-electron chi connectivity index (χ0n) is 19.1. The van der Waals surface area contributed by atoms with Gasteiger partial charge in [-0.2, -0.15) is 14.4 Å². The topological polar surface area (TPSA) is 123 Å². The molecule has 0 radical (unpaired) electrons. The molecule has 4 N–H and O–H groups in total. The number of amides is 2. The minimum atomic E-state index is -1.19. The van der Waals surface area contributed by atoms with Crippen LogP contribution in [0.25, 0.3) is 0 Å². The second-order valence-electron chi connectivity index (χ2n) is 9.11. The molecule has 12 heteroatoms. The smallest absolute Gasteiger partial charge is 0.404 e. The van der Waals surface area contributed by atoms with Crippen molar-refractivity contribution in [3.8, 4) is 0 Å². The molecule has 33 heavy (non-hydrogen) atoms. The summed E-state index contributed by atoms with van der Waals surface area (Å²) in [6, 6.07) is 0.0980. The second kappa shape index (κ2) is 11.6. The van der Waals surface area contributed by atoms with E-state index in [9.17, 15) is 9.59 Å². The standard InChI is InChI=1S/C21H33ClFN7O3/c1-29(2)12-15-8-5-9-30(15)18-16(23)17(25-20(22)26-18)27-28-19(31)14(11-24-21(32)33)10-13-6-3-4-7-13/h13-15,24H,3-12H2,1-2H3,(H,28,31)(H,32,33)(H,25,26,27)/t14-,15+/m1/s1. The maximum Gasteiger partial charge on any atom is 0.404 e. The number of hydrazine groups is 1. The molecule has 2 amide bonds. The third kappa shape index (κ3) is 7.04. The van der Waals surface area contributed by atoms with Crippen molar-refractivity contribution in [3.63, 3.8) is 0 Å². The summed E-state index contributed by atoms with van der Waals surface area (Å²) < 4.78 is 15.3. The third-order valence-electron chi connectivity index (χ3n) is 6.30. The van der Waals surface area contributed by atoms with E-state index in [-0.39, 0.29) is 29.5 Å². The Morgan fingerprint density at radius 3 is 2.64 bits per heavy atom. The lowest BCUT2D eigenvalue weighted by molar-refractivity contribution is -0.124. The van der Waals surface area contributed by atoms with Gasteiger partial charge in [-0.05, 0) is 50.9 Å². The summed E-state index contributed by atoms with van der Waals surface area (Å²) in [6.45, 7) is 1.39. The van der Waals surface area contributed by atoms with Crippen LogP contribution in [0.4, 0.5) is 20.8 Å². The number of nitrogens with one attached hydrogen (secondary N) is 3. The van der Waals surface area contributed by atoms with Crippen molar-refractivity contribution in [2.75, 3.05) is 44.1 Å². The van der Waals surface area contributed by atoms with Crippen LogP contribution in [0.3, 0.4) is 0 Å². The van der Waals surface area contributed by atoms with E-state index in [0.717, 1.165) is 45.1 Å². The molecule has 0 spiro atoms. The minimum Gasteiger partial charge on any atom is -0.465 e. The van der Waals surface area contributed by atoms with Gasteiger partial charge in [0, 0.05) is 25.7 Å². The number of aromatic nitrogens is 2. The number of rotatable bonds is 10. The molecular weight excluding hydrogens is 453 g/mol. The number of carbonyl (C=O) groups excluding carboxylic acids is 1. The lowest BCUT2D eigenvalue weighted by Crippen LogP contribution is -2.42. The van der Waals surface area contributed by atoms with E-state index in [0.29, 0.717) is 18.9 Å². The fraction of sp³-hybridized carbons (Fsp3) is 0.714. The predicted molar refractivity (Wildman–Crippen MR) is 124 cm³/mol.